The summed E-state index contributed by atoms with van der Waals surface area (Å²) >= 11 is 1.74. The zero-order valence-corrected chi connectivity index (χ0v) is 26.0. The van der Waals surface area contributed by atoms with Gasteiger partial charge in [-0.1, -0.05) is 97.1 Å². The van der Waals surface area contributed by atoms with Crippen molar-refractivity contribution in [3.05, 3.63) is 158 Å². The highest BCUT2D eigenvalue weighted by molar-refractivity contribution is 7.21. The van der Waals surface area contributed by atoms with Crippen LogP contribution in [0, 0.1) is 0 Å². The lowest BCUT2D eigenvalue weighted by Gasteiger charge is -2.12. The lowest BCUT2D eigenvalue weighted by atomic mass is 10.1. The number of rotatable bonds is 4. The normalized spacial score (nSPS) is 11.8. The molecule has 4 nitrogen and oxygen atoms in total. The molecule has 0 aliphatic carbocycles. The van der Waals surface area contributed by atoms with Gasteiger partial charge in [-0.25, -0.2) is 9.97 Å². The number of para-hydroxylation sites is 3. The molecule has 10 rings (SSSR count). The number of fused-ring (bicyclic) bond motifs is 7. The van der Waals surface area contributed by atoms with E-state index in [1.807, 2.05) is 6.20 Å². The van der Waals surface area contributed by atoms with Crippen molar-refractivity contribution < 1.29 is 0 Å². The van der Waals surface area contributed by atoms with Crippen molar-refractivity contribution in [2.45, 2.75) is 0 Å². The van der Waals surface area contributed by atoms with E-state index in [1.165, 1.54) is 37.3 Å². The van der Waals surface area contributed by atoms with E-state index in [0.29, 0.717) is 0 Å². The molecule has 0 saturated heterocycles. The van der Waals surface area contributed by atoms with Crippen LogP contribution in [-0.4, -0.2) is 19.1 Å². The molecule has 0 N–H and O–H groups in total. The van der Waals surface area contributed by atoms with Crippen molar-refractivity contribution in [1.29, 1.82) is 0 Å². The summed E-state index contributed by atoms with van der Waals surface area (Å²) in [6.07, 6.45) is 1.92. The SMILES string of the molecule is c1ccc(-c2ccnc(-n3c4ccccc4c4ccc(-n5c6ccccc6c6ccc(-c7nc8ccccc8s7)cc65)cc43)c2)cc1. The van der Waals surface area contributed by atoms with Crippen molar-refractivity contribution in [2.24, 2.45) is 0 Å². The lowest BCUT2D eigenvalue weighted by Crippen LogP contribution is -1.99. The fourth-order valence-corrected chi connectivity index (χ4v) is 8.04. The number of aromatic nitrogens is 4. The quantitative estimate of drug-likeness (QED) is 0.197. The molecule has 0 atom stereocenters. The van der Waals surface area contributed by atoms with Crippen molar-refractivity contribution in [3.8, 4) is 33.2 Å². The summed E-state index contributed by atoms with van der Waals surface area (Å²) in [5.41, 5.74) is 10.2. The fourth-order valence-electron chi connectivity index (χ4n) is 7.07. The van der Waals surface area contributed by atoms with Gasteiger partial charge in [-0.2, -0.15) is 0 Å². The molecule has 4 heterocycles. The van der Waals surface area contributed by atoms with Crippen LogP contribution >= 0.6 is 11.3 Å². The van der Waals surface area contributed by atoms with Gasteiger partial charge in [0, 0.05) is 39.0 Å². The maximum Gasteiger partial charge on any atom is 0.138 e. The van der Waals surface area contributed by atoms with Crippen LogP contribution in [0.3, 0.4) is 0 Å². The van der Waals surface area contributed by atoms with Crippen molar-refractivity contribution in [3.63, 3.8) is 0 Å². The van der Waals surface area contributed by atoms with E-state index in [4.69, 9.17) is 9.97 Å². The summed E-state index contributed by atoms with van der Waals surface area (Å²) in [4.78, 5) is 9.90. The van der Waals surface area contributed by atoms with Gasteiger partial charge in [0.05, 0.1) is 32.3 Å². The third kappa shape index (κ3) is 4.07. The standard InChI is InChI=1S/C42H26N4S/c1-2-10-27(11-3-1)28-22-23-43-41(25-28)46-37-16-8-5-13-32(37)34-21-19-30(26-39(34)46)45-36-15-7-4-12-31(36)33-20-18-29(24-38(33)45)42-44-35-14-6-9-17-40(35)47-42/h1-26H. The molecule has 6 aromatic carbocycles. The molecule has 220 valence electrons. The van der Waals surface area contributed by atoms with Gasteiger partial charge in [0.1, 0.15) is 10.8 Å². The predicted octanol–water partition coefficient (Wildman–Crippen LogP) is 11.2. The summed E-state index contributed by atoms with van der Waals surface area (Å²) in [6, 6.07) is 54.1. The molecule has 4 aromatic heterocycles. The number of hydrogen-bond donors (Lipinski definition) is 0. The molecule has 0 saturated carbocycles. The van der Waals surface area contributed by atoms with Crippen molar-refractivity contribution in [1.82, 2.24) is 19.1 Å². The number of pyridine rings is 1. The van der Waals surface area contributed by atoms with Gasteiger partial charge in [-0.05, 0) is 65.7 Å². The molecular formula is C42H26N4S. The van der Waals surface area contributed by atoms with Gasteiger partial charge < -0.3 is 4.57 Å². The zero-order valence-electron chi connectivity index (χ0n) is 25.2. The van der Waals surface area contributed by atoms with Gasteiger partial charge in [0.15, 0.2) is 0 Å². The zero-order chi connectivity index (χ0) is 30.9. The molecule has 0 aliphatic rings. The van der Waals surface area contributed by atoms with Gasteiger partial charge >= 0.3 is 0 Å². The van der Waals surface area contributed by atoms with Crippen LogP contribution in [0.1, 0.15) is 0 Å². The topological polar surface area (TPSA) is 35.6 Å². The lowest BCUT2D eigenvalue weighted by molar-refractivity contribution is 1.08. The minimum atomic E-state index is 0.898. The summed E-state index contributed by atoms with van der Waals surface area (Å²) in [5.74, 6) is 0.898. The van der Waals surface area contributed by atoms with E-state index in [2.05, 4.69) is 161 Å². The maximum absolute atomic E-state index is 4.98. The number of benzene rings is 6. The summed E-state index contributed by atoms with van der Waals surface area (Å²) in [6.45, 7) is 0. The van der Waals surface area contributed by atoms with Crippen LogP contribution in [-0.2, 0) is 0 Å². The third-order valence-electron chi connectivity index (χ3n) is 9.21. The minimum absolute atomic E-state index is 0.898. The van der Waals surface area contributed by atoms with E-state index < -0.39 is 0 Å². The average molecular weight is 619 g/mol. The van der Waals surface area contributed by atoms with Gasteiger partial charge in [0.2, 0.25) is 0 Å². The maximum atomic E-state index is 4.98. The predicted molar refractivity (Wildman–Crippen MR) is 197 cm³/mol. The molecule has 0 spiro atoms. The molecule has 5 heteroatoms. The summed E-state index contributed by atoms with van der Waals surface area (Å²) < 4.78 is 5.91. The third-order valence-corrected chi connectivity index (χ3v) is 10.3. The number of thiazole rings is 1. The first-order valence-electron chi connectivity index (χ1n) is 15.7. The number of hydrogen-bond acceptors (Lipinski definition) is 3. The van der Waals surface area contributed by atoms with Crippen LogP contribution in [0.2, 0.25) is 0 Å². The second-order valence-corrected chi connectivity index (χ2v) is 12.9. The first-order valence-corrected chi connectivity index (χ1v) is 16.6. The molecule has 0 amide bonds. The second-order valence-electron chi connectivity index (χ2n) is 11.9. The minimum Gasteiger partial charge on any atom is -0.309 e. The molecule has 10 aromatic rings. The first kappa shape index (κ1) is 26.2. The smallest absolute Gasteiger partial charge is 0.138 e. The molecular weight excluding hydrogens is 593 g/mol. The van der Waals surface area contributed by atoms with Crippen molar-refractivity contribution in [2.75, 3.05) is 0 Å². The largest absolute Gasteiger partial charge is 0.309 e. The van der Waals surface area contributed by atoms with Gasteiger partial charge in [0.25, 0.3) is 0 Å². The first-order chi connectivity index (χ1) is 23.3. The van der Waals surface area contributed by atoms with E-state index in [-0.39, 0.29) is 0 Å². The fraction of sp³-hybridized carbons (Fsp3) is 0. The Bertz CT molecular complexity index is 2770. The van der Waals surface area contributed by atoms with Gasteiger partial charge in [-0.3, -0.25) is 4.57 Å². The van der Waals surface area contributed by atoms with Crippen LogP contribution in [0.25, 0.3) is 87.0 Å². The highest BCUT2D eigenvalue weighted by Gasteiger charge is 2.18. The van der Waals surface area contributed by atoms with Crippen LogP contribution in [0.5, 0.6) is 0 Å². The number of nitrogens with zero attached hydrogens (tertiary/aromatic N) is 4. The molecule has 0 fully saturated rings. The van der Waals surface area contributed by atoms with E-state index in [0.717, 1.165) is 49.7 Å². The Morgan fingerprint density at radius 2 is 1.11 bits per heavy atom. The Balaban J connectivity index is 1.23. The Hall–Kier alpha value is -6.04. The van der Waals surface area contributed by atoms with Crippen LogP contribution in [0.4, 0.5) is 0 Å². The van der Waals surface area contributed by atoms with Crippen molar-refractivity contribution >= 4 is 65.2 Å². The highest BCUT2D eigenvalue weighted by Crippen LogP contribution is 2.39. The van der Waals surface area contributed by atoms with Crippen LogP contribution < -0.4 is 0 Å². The Morgan fingerprint density at radius 3 is 1.91 bits per heavy atom. The Morgan fingerprint density at radius 1 is 0.447 bits per heavy atom. The average Bonchev–Trinajstić information content (AvgIpc) is 3.82. The summed E-state index contributed by atoms with van der Waals surface area (Å²) in [7, 11) is 0. The van der Waals surface area contributed by atoms with Gasteiger partial charge in [-0.15, -0.1) is 11.3 Å². The Labute approximate surface area is 274 Å². The Kier molecular flexibility index (Phi) is 5.71. The molecule has 0 bridgehead atoms. The molecule has 47 heavy (non-hydrogen) atoms. The molecule has 0 unspecified atom stereocenters. The molecule has 0 aliphatic heterocycles. The second kappa shape index (κ2) is 10.2. The molecule has 0 radical (unpaired) electrons. The highest BCUT2D eigenvalue weighted by atomic mass is 32.1. The monoisotopic (exact) mass is 618 g/mol. The van der Waals surface area contributed by atoms with Crippen LogP contribution in [0.15, 0.2) is 158 Å². The van der Waals surface area contributed by atoms with E-state index in [9.17, 15) is 0 Å². The van der Waals surface area contributed by atoms with E-state index in [1.54, 1.807) is 11.3 Å². The van der Waals surface area contributed by atoms with E-state index >= 15 is 0 Å². The summed E-state index contributed by atoms with van der Waals surface area (Å²) in [5, 5.41) is 5.90.